The van der Waals surface area contributed by atoms with Gasteiger partial charge >= 0.3 is 0 Å². The van der Waals surface area contributed by atoms with Gasteiger partial charge in [0, 0.05) is 29.6 Å². The third-order valence-corrected chi connectivity index (χ3v) is 5.29. The average molecular weight is 415 g/mol. The monoisotopic (exact) mass is 414 g/mol. The lowest BCUT2D eigenvalue weighted by Gasteiger charge is -2.23. The van der Waals surface area contributed by atoms with Gasteiger partial charge in [0.25, 0.3) is 0 Å². The third kappa shape index (κ3) is 5.64. The Balaban J connectivity index is 1.35. The van der Waals surface area contributed by atoms with Gasteiger partial charge in [-0.2, -0.15) is 0 Å². The first-order valence-corrected chi connectivity index (χ1v) is 10.7. The van der Waals surface area contributed by atoms with Gasteiger partial charge in [-0.05, 0) is 69.0 Å². The highest BCUT2D eigenvalue weighted by Crippen LogP contribution is 2.22. The molecule has 31 heavy (non-hydrogen) atoms. The molecule has 1 fully saturated rings. The number of aliphatic hydroxyl groups is 1. The Morgan fingerprint density at radius 2 is 1.94 bits per heavy atom. The highest BCUT2D eigenvalue weighted by atomic mass is 16.5. The second-order valence-electron chi connectivity index (χ2n) is 7.74. The Hall–Kier alpha value is -3.32. The summed E-state index contributed by atoms with van der Waals surface area (Å²) >= 11 is 0. The first-order valence-electron chi connectivity index (χ1n) is 10.7. The van der Waals surface area contributed by atoms with Crippen molar-refractivity contribution in [3.63, 3.8) is 0 Å². The summed E-state index contributed by atoms with van der Waals surface area (Å²) in [7, 11) is 0. The largest absolute Gasteiger partial charge is 0.385 e. The molecule has 1 aliphatic rings. The normalized spacial score (nSPS) is 14.9. The average Bonchev–Trinajstić information content (AvgIpc) is 3.45. The SMILES string of the molecule is C[C@H](O)c1nccn1Cc1cc(-c2ccc(C#CC#CCN3CCCCC3)cc2)on1. The van der Waals surface area contributed by atoms with Crippen LogP contribution in [0.15, 0.2) is 47.2 Å². The smallest absolute Gasteiger partial charge is 0.167 e. The van der Waals surface area contributed by atoms with E-state index in [0.29, 0.717) is 18.1 Å². The van der Waals surface area contributed by atoms with Crippen molar-refractivity contribution < 1.29 is 9.63 Å². The van der Waals surface area contributed by atoms with Crippen LogP contribution in [0.1, 0.15) is 49.4 Å². The predicted octanol–water partition coefficient (Wildman–Crippen LogP) is 3.48. The maximum absolute atomic E-state index is 9.78. The number of rotatable bonds is 5. The van der Waals surface area contributed by atoms with Crippen LogP contribution in [-0.2, 0) is 6.54 Å². The molecular formula is C25H26N4O2. The lowest BCUT2D eigenvalue weighted by atomic mass is 10.1. The van der Waals surface area contributed by atoms with Crippen LogP contribution in [-0.4, -0.2) is 44.3 Å². The quantitative estimate of drug-likeness (QED) is 0.648. The van der Waals surface area contributed by atoms with E-state index in [-0.39, 0.29) is 0 Å². The molecule has 1 aliphatic heterocycles. The highest BCUT2D eigenvalue weighted by molar-refractivity contribution is 5.59. The van der Waals surface area contributed by atoms with Crippen LogP contribution >= 0.6 is 0 Å². The number of aromatic nitrogens is 3. The van der Waals surface area contributed by atoms with E-state index in [4.69, 9.17) is 4.52 Å². The molecule has 2 aromatic heterocycles. The van der Waals surface area contributed by atoms with Crippen LogP contribution < -0.4 is 0 Å². The summed E-state index contributed by atoms with van der Waals surface area (Å²) < 4.78 is 7.36. The van der Waals surface area contributed by atoms with Crippen LogP contribution in [0, 0.1) is 23.7 Å². The Morgan fingerprint density at radius 3 is 2.71 bits per heavy atom. The summed E-state index contributed by atoms with van der Waals surface area (Å²) in [6.07, 6.45) is 6.74. The van der Waals surface area contributed by atoms with E-state index in [2.05, 4.69) is 38.7 Å². The maximum Gasteiger partial charge on any atom is 0.167 e. The summed E-state index contributed by atoms with van der Waals surface area (Å²) in [4.78, 5) is 6.56. The van der Waals surface area contributed by atoms with Crippen LogP contribution in [0.5, 0.6) is 0 Å². The van der Waals surface area contributed by atoms with Gasteiger partial charge in [0.1, 0.15) is 17.6 Å². The minimum atomic E-state index is -0.635. The van der Waals surface area contributed by atoms with Gasteiger partial charge in [0.05, 0.1) is 13.1 Å². The van der Waals surface area contributed by atoms with Gasteiger partial charge in [0.2, 0.25) is 0 Å². The van der Waals surface area contributed by atoms with Gasteiger partial charge in [-0.25, -0.2) is 4.98 Å². The molecule has 6 nitrogen and oxygen atoms in total. The minimum absolute atomic E-state index is 0.489. The molecule has 1 aromatic carbocycles. The number of piperidine rings is 1. The van der Waals surface area contributed by atoms with Crippen LogP contribution in [0.4, 0.5) is 0 Å². The van der Waals surface area contributed by atoms with Crippen molar-refractivity contribution in [2.24, 2.45) is 0 Å². The zero-order valence-corrected chi connectivity index (χ0v) is 17.7. The molecular weight excluding hydrogens is 388 g/mol. The standard InChI is InChI=1S/C25H26N4O2/c1-20(30)25-26-13-17-29(25)19-23-18-24(31-27-23)22-11-9-21(10-12-22)8-4-2-5-14-28-15-6-3-7-16-28/h9-13,17-18,20,30H,3,6-7,14-16,19H2,1H3/t20-/m0/s1. The number of aliphatic hydroxyl groups excluding tert-OH is 1. The molecule has 6 heteroatoms. The topological polar surface area (TPSA) is 67.3 Å². The second kappa shape index (κ2) is 10.1. The van der Waals surface area contributed by atoms with E-state index in [0.717, 1.165) is 36.5 Å². The molecule has 0 spiro atoms. The molecule has 3 aromatic rings. The molecule has 0 unspecified atom stereocenters. The molecule has 3 heterocycles. The van der Waals surface area contributed by atoms with E-state index < -0.39 is 6.10 Å². The molecule has 1 saturated heterocycles. The van der Waals surface area contributed by atoms with Crippen molar-refractivity contribution in [3.05, 3.63) is 59.8 Å². The van der Waals surface area contributed by atoms with Crippen molar-refractivity contribution >= 4 is 0 Å². The third-order valence-electron chi connectivity index (χ3n) is 5.29. The number of benzene rings is 1. The molecule has 0 saturated carbocycles. The Bertz CT molecular complexity index is 1110. The Morgan fingerprint density at radius 1 is 1.13 bits per heavy atom. The van der Waals surface area contributed by atoms with E-state index in [1.807, 2.05) is 41.1 Å². The molecule has 158 valence electrons. The fraction of sp³-hybridized carbons (Fsp3) is 0.360. The second-order valence-corrected chi connectivity index (χ2v) is 7.74. The van der Waals surface area contributed by atoms with E-state index in [1.165, 1.54) is 19.3 Å². The Labute approximate surface area is 182 Å². The number of hydrogen-bond donors (Lipinski definition) is 1. The van der Waals surface area contributed by atoms with Gasteiger partial charge < -0.3 is 14.2 Å². The molecule has 1 atom stereocenters. The summed E-state index contributed by atoms with van der Waals surface area (Å²) in [5.74, 6) is 13.4. The molecule has 0 aliphatic carbocycles. The minimum Gasteiger partial charge on any atom is -0.385 e. The molecule has 1 N–H and O–H groups in total. The van der Waals surface area contributed by atoms with Gasteiger partial charge in [-0.3, -0.25) is 4.90 Å². The number of hydrogen-bond acceptors (Lipinski definition) is 5. The van der Waals surface area contributed by atoms with Gasteiger partial charge in [0.15, 0.2) is 5.76 Å². The first kappa shape index (κ1) is 20.9. The van der Waals surface area contributed by atoms with Gasteiger partial charge in [-0.1, -0.05) is 23.4 Å². The number of nitrogens with zero attached hydrogens (tertiary/aromatic N) is 4. The lowest BCUT2D eigenvalue weighted by molar-refractivity contribution is 0.184. The van der Waals surface area contributed by atoms with E-state index >= 15 is 0 Å². The fourth-order valence-electron chi connectivity index (χ4n) is 3.65. The molecule has 0 amide bonds. The molecule has 0 radical (unpaired) electrons. The summed E-state index contributed by atoms with van der Waals surface area (Å²) in [6.45, 7) is 5.29. The number of likely N-dealkylation sites (tertiary alicyclic amines) is 1. The first-order chi connectivity index (χ1) is 15.2. The highest BCUT2D eigenvalue weighted by Gasteiger charge is 2.12. The number of imidazole rings is 1. The summed E-state index contributed by atoms with van der Waals surface area (Å²) in [5.41, 5.74) is 2.61. The van der Waals surface area contributed by atoms with Crippen molar-refractivity contribution in [1.29, 1.82) is 0 Å². The van der Waals surface area contributed by atoms with Crippen LogP contribution in [0.25, 0.3) is 11.3 Å². The summed E-state index contributed by atoms with van der Waals surface area (Å²) in [6, 6.07) is 9.75. The van der Waals surface area contributed by atoms with Crippen molar-refractivity contribution in [1.82, 2.24) is 19.6 Å². The van der Waals surface area contributed by atoms with Crippen molar-refractivity contribution in [2.75, 3.05) is 19.6 Å². The molecule has 0 bridgehead atoms. The van der Waals surface area contributed by atoms with Crippen molar-refractivity contribution in [2.45, 2.75) is 38.8 Å². The molecule has 4 rings (SSSR count). The Kier molecular flexibility index (Phi) is 6.84. The van der Waals surface area contributed by atoms with Crippen molar-refractivity contribution in [3.8, 4) is 35.0 Å². The zero-order chi connectivity index (χ0) is 21.5. The lowest BCUT2D eigenvalue weighted by Crippen LogP contribution is -2.29. The maximum atomic E-state index is 9.78. The summed E-state index contributed by atoms with van der Waals surface area (Å²) in [5, 5.41) is 13.9. The van der Waals surface area contributed by atoms with Crippen LogP contribution in [0.2, 0.25) is 0 Å². The van der Waals surface area contributed by atoms with E-state index in [9.17, 15) is 5.11 Å². The van der Waals surface area contributed by atoms with E-state index in [1.54, 1.807) is 13.1 Å². The van der Waals surface area contributed by atoms with Gasteiger partial charge in [-0.15, -0.1) is 0 Å². The fourth-order valence-corrected chi connectivity index (χ4v) is 3.65. The predicted molar refractivity (Wildman–Crippen MR) is 119 cm³/mol. The zero-order valence-electron chi connectivity index (χ0n) is 17.7. The van der Waals surface area contributed by atoms with Crippen LogP contribution in [0.3, 0.4) is 0 Å².